The minimum atomic E-state index is -0.159. The second-order valence-corrected chi connectivity index (χ2v) is 10.6. The van der Waals surface area contributed by atoms with Crippen LogP contribution >= 0.6 is 0 Å². The number of rotatable bonds is 8. The molecule has 1 saturated heterocycles. The molecular formula is C32H42N8O. The van der Waals surface area contributed by atoms with Crippen molar-refractivity contribution in [3.8, 4) is 5.82 Å². The first kappa shape index (κ1) is 28.5. The number of allylic oxidation sites excluding steroid dienone is 1. The predicted octanol–water partition coefficient (Wildman–Crippen LogP) is 5.55. The van der Waals surface area contributed by atoms with Crippen molar-refractivity contribution in [1.82, 2.24) is 24.3 Å². The summed E-state index contributed by atoms with van der Waals surface area (Å²) in [4.78, 5) is 30.0. The molecule has 9 nitrogen and oxygen atoms in total. The number of benzene rings is 1. The summed E-state index contributed by atoms with van der Waals surface area (Å²) in [6, 6.07) is 12.5. The Morgan fingerprint density at radius 2 is 1.83 bits per heavy atom. The van der Waals surface area contributed by atoms with Crippen molar-refractivity contribution in [3.05, 3.63) is 76.9 Å². The minimum absolute atomic E-state index is 0.159. The van der Waals surface area contributed by atoms with Crippen molar-refractivity contribution in [2.24, 2.45) is 11.7 Å². The summed E-state index contributed by atoms with van der Waals surface area (Å²) in [7, 11) is 0. The third-order valence-corrected chi connectivity index (χ3v) is 8.27. The topological polar surface area (TPSA) is 107 Å². The average Bonchev–Trinajstić information content (AvgIpc) is 3.56. The van der Waals surface area contributed by atoms with Crippen molar-refractivity contribution in [2.75, 3.05) is 29.9 Å². The lowest BCUT2D eigenvalue weighted by molar-refractivity contribution is 0.414. The molecule has 1 aliphatic heterocycles. The van der Waals surface area contributed by atoms with E-state index in [4.69, 9.17) is 15.7 Å². The van der Waals surface area contributed by atoms with Crippen molar-refractivity contribution in [2.45, 2.75) is 65.3 Å². The summed E-state index contributed by atoms with van der Waals surface area (Å²) >= 11 is 0. The van der Waals surface area contributed by atoms with Gasteiger partial charge in [0.05, 0.1) is 6.54 Å². The van der Waals surface area contributed by atoms with Crippen LogP contribution in [0.2, 0.25) is 0 Å². The van der Waals surface area contributed by atoms with Gasteiger partial charge in [-0.3, -0.25) is 4.79 Å². The molecule has 1 unspecified atom stereocenters. The number of nitrogens with one attached hydrogen (secondary N) is 1. The van der Waals surface area contributed by atoms with Gasteiger partial charge in [-0.25, -0.2) is 19.3 Å². The molecule has 3 N–H and O–H groups in total. The van der Waals surface area contributed by atoms with Gasteiger partial charge < -0.3 is 16.0 Å². The summed E-state index contributed by atoms with van der Waals surface area (Å²) in [6.07, 6.45) is 8.80. The lowest BCUT2D eigenvalue weighted by atomic mass is 9.97. The van der Waals surface area contributed by atoms with Crippen molar-refractivity contribution < 1.29 is 0 Å². The Morgan fingerprint density at radius 1 is 1.07 bits per heavy atom. The van der Waals surface area contributed by atoms with Gasteiger partial charge in [0, 0.05) is 42.3 Å². The van der Waals surface area contributed by atoms with Crippen molar-refractivity contribution in [1.29, 1.82) is 0 Å². The molecule has 3 aromatic heterocycles. The molecule has 4 heterocycles. The average molecular weight is 555 g/mol. The Bertz CT molecular complexity index is 1550. The predicted molar refractivity (Wildman–Crippen MR) is 168 cm³/mol. The number of hydrogen-bond acceptors (Lipinski definition) is 7. The van der Waals surface area contributed by atoms with Crippen LogP contribution in [-0.4, -0.2) is 43.9 Å². The van der Waals surface area contributed by atoms with E-state index in [9.17, 15) is 4.79 Å². The van der Waals surface area contributed by atoms with Gasteiger partial charge in [0.1, 0.15) is 5.39 Å². The molecule has 0 radical (unpaired) electrons. The number of fused-ring (bicyclic) bond motifs is 2. The number of pyridine rings is 1. The molecule has 1 aromatic carbocycles. The molecule has 4 aromatic rings. The second kappa shape index (κ2) is 12.7. The summed E-state index contributed by atoms with van der Waals surface area (Å²) in [6.45, 7) is 13.2. The maximum Gasteiger partial charge on any atom is 0.278 e. The number of nitrogens with two attached hydrogens (primary N) is 1. The van der Waals surface area contributed by atoms with Crippen LogP contribution in [0.1, 0.15) is 63.6 Å². The Balaban J connectivity index is 0.00000165. The molecule has 0 amide bonds. The number of nitrogens with zero attached hydrogens (tertiary/aromatic N) is 6. The molecule has 0 bridgehead atoms. The van der Waals surface area contributed by atoms with E-state index in [1.807, 2.05) is 36.7 Å². The molecule has 1 aliphatic carbocycles. The van der Waals surface area contributed by atoms with Gasteiger partial charge >= 0.3 is 0 Å². The van der Waals surface area contributed by atoms with Crippen LogP contribution in [0.15, 0.2) is 60.0 Å². The molecule has 6 rings (SSSR count). The highest BCUT2D eigenvalue weighted by molar-refractivity contribution is 5.77. The molecule has 2 aliphatic rings. The molecule has 0 saturated carbocycles. The van der Waals surface area contributed by atoms with Gasteiger partial charge in [-0.15, -0.1) is 6.58 Å². The van der Waals surface area contributed by atoms with E-state index in [1.54, 1.807) is 17.0 Å². The summed E-state index contributed by atoms with van der Waals surface area (Å²) in [5.74, 6) is 2.20. The molecule has 9 heteroatoms. The van der Waals surface area contributed by atoms with E-state index in [1.165, 1.54) is 11.3 Å². The highest BCUT2D eigenvalue weighted by Gasteiger charge is 2.25. The third-order valence-electron chi connectivity index (χ3n) is 8.27. The number of piperidine rings is 1. The van der Waals surface area contributed by atoms with Crippen LogP contribution in [0, 0.1) is 5.92 Å². The van der Waals surface area contributed by atoms with Gasteiger partial charge in [0.2, 0.25) is 5.95 Å². The highest BCUT2D eigenvalue weighted by Crippen LogP contribution is 2.34. The fourth-order valence-electron chi connectivity index (χ4n) is 5.96. The normalized spacial score (nSPS) is 16.8. The van der Waals surface area contributed by atoms with E-state index in [-0.39, 0.29) is 5.56 Å². The van der Waals surface area contributed by atoms with E-state index in [2.05, 4.69) is 46.9 Å². The van der Waals surface area contributed by atoms with Crippen molar-refractivity contribution in [3.63, 3.8) is 0 Å². The Kier molecular flexibility index (Phi) is 8.83. The molecular weight excluding hydrogens is 512 g/mol. The van der Waals surface area contributed by atoms with Crippen LogP contribution in [-0.2, 0) is 13.0 Å². The lowest BCUT2D eigenvalue weighted by Crippen LogP contribution is -2.35. The Labute approximate surface area is 242 Å². The third kappa shape index (κ3) is 5.63. The van der Waals surface area contributed by atoms with Gasteiger partial charge in [0.15, 0.2) is 11.5 Å². The van der Waals surface area contributed by atoms with Gasteiger partial charge in [-0.05, 0) is 80.5 Å². The number of hydrogen-bond donors (Lipinski definition) is 2. The van der Waals surface area contributed by atoms with Gasteiger partial charge in [0.25, 0.3) is 5.56 Å². The van der Waals surface area contributed by atoms with Crippen LogP contribution in [0.5, 0.6) is 0 Å². The van der Waals surface area contributed by atoms with Crippen LogP contribution in [0.25, 0.3) is 16.9 Å². The van der Waals surface area contributed by atoms with Crippen molar-refractivity contribution >= 4 is 28.4 Å². The zero-order valence-electron chi connectivity index (χ0n) is 24.5. The zero-order chi connectivity index (χ0) is 28.9. The second-order valence-electron chi connectivity index (χ2n) is 10.6. The molecule has 0 spiro atoms. The molecule has 41 heavy (non-hydrogen) atoms. The summed E-state index contributed by atoms with van der Waals surface area (Å²) < 4.78 is 3.44. The molecule has 1 atom stereocenters. The fraction of sp³-hybridized carbons (Fsp3) is 0.438. The van der Waals surface area contributed by atoms with E-state index >= 15 is 0 Å². The van der Waals surface area contributed by atoms with E-state index in [0.29, 0.717) is 41.2 Å². The number of anilines is 3. The van der Waals surface area contributed by atoms with E-state index in [0.717, 1.165) is 63.1 Å². The first-order valence-corrected chi connectivity index (χ1v) is 15.0. The first-order valence-electron chi connectivity index (χ1n) is 15.0. The highest BCUT2D eigenvalue weighted by atomic mass is 16.1. The Morgan fingerprint density at radius 3 is 2.51 bits per heavy atom. The smallest absolute Gasteiger partial charge is 0.278 e. The van der Waals surface area contributed by atoms with Gasteiger partial charge in [-0.2, -0.15) is 4.98 Å². The molecule has 216 valence electrons. The maximum atomic E-state index is 13.3. The first-order chi connectivity index (χ1) is 20.1. The Hall–Kier alpha value is -3.98. The SMILES string of the molecule is C=CCn1c(=O)c2cnc(Nc3ccc(N4CCC(CN)CC4)cc3)nc2n1-c1ccc2c(n1)C(CC)CC2.CC. The lowest BCUT2D eigenvalue weighted by Gasteiger charge is -2.33. The standard InChI is InChI=1S/C30H36N8O.C2H6/c1-3-15-37-29(39)25-19-32-30(33-23-8-10-24(11-9-23)36-16-13-20(18-31)14-17-36)35-28(25)38(37)26-12-7-22-6-5-21(4-2)27(22)34-26;1-2/h3,7-12,19-21H,1,4-6,13-18,31H2,2H3,(H,32,33,35);1-2H3. The quantitative estimate of drug-likeness (QED) is 0.275. The largest absolute Gasteiger partial charge is 0.372 e. The minimum Gasteiger partial charge on any atom is -0.372 e. The zero-order valence-corrected chi connectivity index (χ0v) is 24.5. The fourth-order valence-corrected chi connectivity index (χ4v) is 5.96. The number of aryl methyl sites for hydroxylation is 1. The summed E-state index contributed by atoms with van der Waals surface area (Å²) in [5, 5.41) is 3.77. The summed E-state index contributed by atoms with van der Waals surface area (Å²) in [5.41, 5.74) is 10.7. The van der Waals surface area contributed by atoms with Gasteiger partial charge in [-0.1, -0.05) is 32.9 Å². The molecule has 1 fully saturated rings. The van der Waals surface area contributed by atoms with E-state index < -0.39 is 0 Å². The van der Waals surface area contributed by atoms with Crippen LogP contribution in [0.3, 0.4) is 0 Å². The maximum absolute atomic E-state index is 13.3. The van der Waals surface area contributed by atoms with Crippen LogP contribution < -0.4 is 21.5 Å². The van der Waals surface area contributed by atoms with Crippen LogP contribution in [0.4, 0.5) is 17.3 Å². The number of aromatic nitrogens is 5. The monoisotopic (exact) mass is 554 g/mol.